The average molecular weight is 318 g/mol. The topological polar surface area (TPSA) is 74.6 Å². The normalized spacial score (nSPS) is 42.7. The Hall–Kier alpha value is -1.42. The van der Waals surface area contributed by atoms with Gasteiger partial charge in [-0.05, 0) is 68.9 Å². The van der Waals surface area contributed by atoms with Crippen LogP contribution in [0, 0.1) is 23.2 Å². The number of aliphatic carboxylic acids is 1. The molecule has 0 bridgehead atoms. The van der Waals surface area contributed by atoms with E-state index in [-0.39, 0.29) is 23.5 Å². The number of allylic oxidation sites excluding steroid dienone is 4. The number of carboxylic acid groups (broad SMARTS) is 1. The highest BCUT2D eigenvalue weighted by molar-refractivity contribution is 6.01. The molecule has 0 spiro atoms. The zero-order valence-electron chi connectivity index (χ0n) is 13.9. The molecule has 0 saturated heterocycles. The number of hydrogen-bond acceptors (Lipinski definition) is 3. The predicted octanol–water partition coefficient (Wildman–Crippen LogP) is 3.11. The Balaban J connectivity index is 1.90. The van der Waals surface area contributed by atoms with Gasteiger partial charge in [-0.3, -0.25) is 9.59 Å². The van der Waals surface area contributed by atoms with Gasteiger partial charge in [0.15, 0.2) is 5.78 Å². The number of ketones is 1. The van der Waals surface area contributed by atoms with E-state index in [1.165, 1.54) is 5.57 Å². The number of aliphatic hydroxyl groups is 1. The smallest absolute Gasteiger partial charge is 0.303 e. The van der Waals surface area contributed by atoms with Crippen LogP contribution in [0.15, 0.2) is 23.8 Å². The summed E-state index contributed by atoms with van der Waals surface area (Å²) in [6.07, 6.45) is 9.58. The third kappa shape index (κ3) is 2.78. The minimum atomic E-state index is -0.798. The molecule has 5 unspecified atom stereocenters. The molecule has 0 aliphatic heterocycles. The summed E-state index contributed by atoms with van der Waals surface area (Å²) >= 11 is 0. The van der Waals surface area contributed by atoms with Crippen molar-refractivity contribution in [1.82, 2.24) is 0 Å². The number of hydrogen-bond donors (Lipinski definition) is 2. The third-order valence-electron chi connectivity index (χ3n) is 6.58. The fourth-order valence-electron chi connectivity index (χ4n) is 5.30. The maximum atomic E-state index is 11.7. The van der Waals surface area contributed by atoms with Crippen molar-refractivity contribution in [3.63, 3.8) is 0 Å². The van der Waals surface area contributed by atoms with Crippen molar-refractivity contribution in [3.05, 3.63) is 23.8 Å². The fraction of sp³-hybridized carbons (Fsp3) is 0.684. The molecular weight excluding hydrogens is 292 g/mol. The van der Waals surface area contributed by atoms with E-state index in [4.69, 9.17) is 5.11 Å². The summed E-state index contributed by atoms with van der Waals surface area (Å²) in [5.74, 6) is -0.0134. The zero-order chi connectivity index (χ0) is 16.8. The molecule has 126 valence electrons. The molecule has 2 fully saturated rings. The van der Waals surface area contributed by atoms with Gasteiger partial charge in [0.25, 0.3) is 0 Å². The van der Waals surface area contributed by atoms with E-state index in [0.29, 0.717) is 24.7 Å². The lowest BCUT2D eigenvalue weighted by Crippen LogP contribution is -2.52. The van der Waals surface area contributed by atoms with Crippen molar-refractivity contribution in [1.29, 1.82) is 0 Å². The van der Waals surface area contributed by atoms with Crippen LogP contribution in [0.5, 0.6) is 0 Å². The first-order valence-electron chi connectivity index (χ1n) is 8.62. The molecular formula is C19H26O4. The molecule has 5 atom stereocenters. The third-order valence-corrected chi connectivity index (χ3v) is 6.58. The second-order valence-corrected chi connectivity index (χ2v) is 7.93. The summed E-state index contributed by atoms with van der Waals surface area (Å²) in [5.41, 5.74) is 0.307. The minimum Gasteiger partial charge on any atom is -0.481 e. The van der Waals surface area contributed by atoms with E-state index in [1.807, 2.05) is 6.92 Å². The summed E-state index contributed by atoms with van der Waals surface area (Å²) < 4.78 is 0. The monoisotopic (exact) mass is 318 g/mol. The van der Waals surface area contributed by atoms with Gasteiger partial charge in [-0.25, -0.2) is 0 Å². The summed E-state index contributed by atoms with van der Waals surface area (Å²) in [7, 11) is 0. The van der Waals surface area contributed by atoms with Crippen molar-refractivity contribution >= 4 is 11.8 Å². The van der Waals surface area contributed by atoms with Gasteiger partial charge >= 0.3 is 5.97 Å². The Bertz CT molecular complexity index is 586. The van der Waals surface area contributed by atoms with Crippen LogP contribution < -0.4 is 0 Å². The largest absolute Gasteiger partial charge is 0.481 e. The van der Waals surface area contributed by atoms with Gasteiger partial charge in [0.05, 0.1) is 5.60 Å². The molecule has 23 heavy (non-hydrogen) atoms. The van der Waals surface area contributed by atoms with E-state index in [2.05, 4.69) is 13.0 Å². The van der Waals surface area contributed by atoms with Gasteiger partial charge in [-0.15, -0.1) is 0 Å². The maximum Gasteiger partial charge on any atom is 0.303 e. The highest BCUT2D eigenvalue weighted by Gasteiger charge is 2.53. The molecule has 0 radical (unpaired) electrons. The van der Waals surface area contributed by atoms with Crippen molar-refractivity contribution in [2.45, 2.75) is 58.0 Å². The van der Waals surface area contributed by atoms with E-state index in [1.54, 1.807) is 12.2 Å². The van der Waals surface area contributed by atoms with Crippen LogP contribution in [0.4, 0.5) is 0 Å². The van der Waals surface area contributed by atoms with Gasteiger partial charge in [-0.2, -0.15) is 0 Å². The number of fused-ring (bicyclic) bond motifs is 3. The Morgan fingerprint density at radius 3 is 2.78 bits per heavy atom. The number of rotatable bonds is 3. The Labute approximate surface area is 137 Å². The van der Waals surface area contributed by atoms with E-state index >= 15 is 0 Å². The van der Waals surface area contributed by atoms with Crippen molar-refractivity contribution < 1.29 is 19.8 Å². The zero-order valence-corrected chi connectivity index (χ0v) is 13.9. The van der Waals surface area contributed by atoms with Gasteiger partial charge in [0, 0.05) is 11.8 Å². The van der Waals surface area contributed by atoms with Crippen LogP contribution in [0.1, 0.15) is 52.4 Å². The molecule has 0 heterocycles. The predicted molar refractivity (Wildman–Crippen MR) is 86.8 cm³/mol. The Kier molecular flexibility index (Phi) is 3.99. The van der Waals surface area contributed by atoms with Gasteiger partial charge in [0.2, 0.25) is 0 Å². The van der Waals surface area contributed by atoms with Gasteiger partial charge in [0.1, 0.15) is 0 Å². The second-order valence-electron chi connectivity index (χ2n) is 7.93. The quantitative estimate of drug-likeness (QED) is 0.838. The van der Waals surface area contributed by atoms with Crippen LogP contribution in [-0.4, -0.2) is 27.6 Å². The second kappa shape index (κ2) is 5.59. The molecule has 4 heteroatoms. The first kappa shape index (κ1) is 16.4. The van der Waals surface area contributed by atoms with Gasteiger partial charge in [-0.1, -0.05) is 18.6 Å². The van der Waals surface area contributed by atoms with Crippen molar-refractivity contribution in [3.8, 4) is 0 Å². The highest BCUT2D eigenvalue weighted by atomic mass is 16.4. The van der Waals surface area contributed by atoms with Crippen LogP contribution in [-0.2, 0) is 9.59 Å². The van der Waals surface area contributed by atoms with E-state index < -0.39 is 11.6 Å². The molecule has 2 N–H and O–H groups in total. The summed E-state index contributed by atoms with van der Waals surface area (Å²) in [6, 6.07) is 0. The molecule has 3 aliphatic carbocycles. The first-order valence-corrected chi connectivity index (χ1v) is 8.62. The minimum absolute atomic E-state index is 0.0155. The Morgan fingerprint density at radius 1 is 1.35 bits per heavy atom. The number of carbonyl (C=O) groups excluding carboxylic acids is 1. The molecule has 0 aromatic heterocycles. The molecule has 3 aliphatic rings. The first-order chi connectivity index (χ1) is 10.7. The molecule has 3 rings (SSSR count). The lowest BCUT2D eigenvalue weighted by molar-refractivity contribution is -0.140. The Morgan fingerprint density at radius 2 is 2.09 bits per heavy atom. The lowest BCUT2D eigenvalue weighted by atomic mass is 9.49. The lowest BCUT2D eigenvalue weighted by Gasteiger charge is -2.56. The molecule has 0 amide bonds. The molecule has 2 saturated carbocycles. The van der Waals surface area contributed by atoms with Crippen LogP contribution in [0.2, 0.25) is 0 Å². The number of carbonyl (C=O) groups is 2. The van der Waals surface area contributed by atoms with Crippen LogP contribution in [0.25, 0.3) is 0 Å². The molecule has 0 aromatic carbocycles. The summed E-state index contributed by atoms with van der Waals surface area (Å²) in [4.78, 5) is 22.7. The van der Waals surface area contributed by atoms with E-state index in [9.17, 15) is 14.7 Å². The van der Waals surface area contributed by atoms with Crippen molar-refractivity contribution in [2.24, 2.45) is 23.2 Å². The summed E-state index contributed by atoms with van der Waals surface area (Å²) in [5, 5.41) is 19.9. The standard InChI is InChI=1S/C19H26O4/c1-18-9-7-13(20)11-12(18)3-4-14-15(18)8-10-19(2,23)16(14)5-6-17(21)22/h7,9,11,14-16,23H,3-6,8,10H2,1-2H3,(H,21,22). The SMILES string of the molecule is CC1(O)CCC2C(CCC3=CC(=O)C=CC32C)C1CCC(=O)O. The van der Waals surface area contributed by atoms with Gasteiger partial charge < -0.3 is 10.2 Å². The fourth-order valence-corrected chi connectivity index (χ4v) is 5.30. The van der Waals surface area contributed by atoms with Crippen molar-refractivity contribution in [2.75, 3.05) is 0 Å². The van der Waals surface area contributed by atoms with Crippen LogP contribution >= 0.6 is 0 Å². The molecule has 4 nitrogen and oxygen atoms in total. The van der Waals surface area contributed by atoms with Crippen LogP contribution in [0.3, 0.4) is 0 Å². The summed E-state index contributed by atoms with van der Waals surface area (Å²) in [6.45, 7) is 4.07. The molecule has 0 aromatic rings. The van der Waals surface area contributed by atoms with E-state index in [0.717, 1.165) is 19.3 Å². The average Bonchev–Trinajstić information content (AvgIpc) is 2.46. The number of carboxylic acids is 1. The highest BCUT2D eigenvalue weighted by Crippen LogP contribution is 2.59. The maximum absolute atomic E-state index is 11.7.